The van der Waals surface area contributed by atoms with Crippen molar-refractivity contribution in [3.8, 4) is 5.75 Å². The van der Waals surface area contributed by atoms with Crippen LogP contribution >= 0.6 is 0 Å². The van der Waals surface area contributed by atoms with Gasteiger partial charge in [0, 0.05) is 6.42 Å². The molecule has 0 saturated carbocycles. The molecule has 1 aliphatic heterocycles. The smallest absolute Gasteiger partial charge is 0.303 e. The molecule has 7 heteroatoms. The summed E-state index contributed by atoms with van der Waals surface area (Å²) >= 11 is 0. The maximum Gasteiger partial charge on any atom is 0.303 e. The fourth-order valence-electron chi connectivity index (χ4n) is 4.52. The van der Waals surface area contributed by atoms with E-state index in [1.807, 2.05) is 26.8 Å². The lowest BCUT2D eigenvalue weighted by Gasteiger charge is -2.36. The van der Waals surface area contributed by atoms with Crippen LogP contribution in [0.1, 0.15) is 87.7 Å². The van der Waals surface area contributed by atoms with Crippen molar-refractivity contribution in [2.24, 2.45) is 0 Å². The topological polar surface area (TPSA) is 127 Å². The number of aliphatic hydroxyl groups excluding tert-OH is 3. The first-order valence-electron chi connectivity index (χ1n) is 13.1. The Bertz CT molecular complexity index is 1020. The molecule has 1 aliphatic rings. The highest BCUT2D eigenvalue weighted by atomic mass is 16.5. The number of phenols is 1. The minimum atomic E-state index is -1.29. The first-order valence-corrected chi connectivity index (χ1v) is 13.1. The van der Waals surface area contributed by atoms with Crippen LogP contribution in [0.4, 0.5) is 0 Å². The Morgan fingerprint density at radius 3 is 2.05 bits per heavy atom. The van der Waals surface area contributed by atoms with Gasteiger partial charge in [0.25, 0.3) is 0 Å². The summed E-state index contributed by atoms with van der Waals surface area (Å²) < 4.78 is 5.66. The Morgan fingerprint density at radius 2 is 1.46 bits per heavy atom. The number of carbonyl (C=O) groups is 1. The van der Waals surface area contributed by atoms with Crippen molar-refractivity contribution in [2.45, 2.75) is 104 Å². The summed E-state index contributed by atoms with van der Waals surface area (Å²) in [6.45, 7) is 9.78. The van der Waals surface area contributed by atoms with Gasteiger partial charge in [-0.05, 0) is 101 Å². The van der Waals surface area contributed by atoms with Crippen LogP contribution < -0.4 is 0 Å². The highest BCUT2D eigenvalue weighted by Gasteiger charge is 2.39. The molecule has 37 heavy (non-hydrogen) atoms. The monoisotopic (exact) mass is 516 g/mol. The summed E-state index contributed by atoms with van der Waals surface area (Å²) in [6, 6.07) is 1.83. The number of benzene rings is 1. The standard InChI is InChI=1S/C30H44O7/c1-18(9-7-11-20(3)13-15-26(32)33)8-6-10-19(2)12-14-23-16-24(21(4)22(5)27(23)34)30-29(36)28(35)25(31)17-37-30/h8,11-12,16,25,28-31,34-36H,6-7,9-10,13-15,17H2,1-5H3,(H,32,33)/b18-8+,19-12+,20-11+/t25-,28+,29-,30+/m1/s1. The zero-order valence-electron chi connectivity index (χ0n) is 22.8. The van der Waals surface area contributed by atoms with E-state index >= 15 is 0 Å². The maximum absolute atomic E-state index is 10.7. The molecule has 4 atom stereocenters. The number of allylic oxidation sites excluding steroid dienone is 6. The molecule has 0 amide bonds. The number of phenolic OH excluding ortho intramolecular Hbond substituents is 1. The van der Waals surface area contributed by atoms with E-state index in [9.17, 15) is 25.2 Å². The molecule has 206 valence electrons. The number of rotatable bonds is 12. The van der Waals surface area contributed by atoms with Crippen LogP contribution in [0.15, 0.2) is 41.0 Å². The Morgan fingerprint density at radius 1 is 0.892 bits per heavy atom. The van der Waals surface area contributed by atoms with Crippen LogP contribution in [0.5, 0.6) is 5.75 Å². The van der Waals surface area contributed by atoms with Crippen molar-refractivity contribution in [1.29, 1.82) is 0 Å². The number of aromatic hydroxyl groups is 1. The number of carboxylic acid groups (broad SMARTS) is 1. The summed E-state index contributed by atoms with van der Waals surface area (Å²) in [6.07, 6.45) is 7.00. The summed E-state index contributed by atoms with van der Waals surface area (Å²) in [5.74, 6) is -0.545. The van der Waals surface area contributed by atoms with E-state index in [-0.39, 0.29) is 18.8 Å². The van der Waals surface area contributed by atoms with E-state index in [4.69, 9.17) is 9.84 Å². The van der Waals surface area contributed by atoms with Crippen molar-refractivity contribution in [3.05, 3.63) is 63.3 Å². The van der Waals surface area contributed by atoms with Gasteiger partial charge in [0.15, 0.2) is 0 Å². The SMILES string of the molecule is C/C(=C\CC/C(C)=C/Cc1cc([C@@H]2OC[C@@H](O)[C@H](O)[C@H]2O)c(C)c(C)c1O)CC/C=C(\C)CCC(=O)O. The van der Waals surface area contributed by atoms with Gasteiger partial charge in [-0.1, -0.05) is 34.9 Å². The fraction of sp³-hybridized carbons (Fsp3) is 0.567. The van der Waals surface area contributed by atoms with E-state index in [0.717, 1.165) is 42.4 Å². The molecule has 0 unspecified atom stereocenters. The van der Waals surface area contributed by atoms with Crippen LogP contribution in [0.3, 0.4) is 0 Å². The summed E-state index contributed by atoms with van der Waals surface area (Å²) in [5, 5.41) is 49.9. The van der Waals surface area contributed by atoms with Crippen molar-refractivity contribution < 1.29 is 35.1 Å². The fourth-order valence-corrected chi connectivity index (χ4v) is 4.52. The lowest BCUT2D eigenvalue weighted by Crippen LogP contribution is -2.49. The summed E-state index contributed by atoms with van der Waals surface area (Å²) in [7, 11) is 0. The quantitative estimate of drug-likeness (QED) is 0.248. The molecule has 0 radical (unpaired) electrons. The first-order chi connectivity index (χ1) is 17.4. The summed E-state index contributed by atoms with van der Waals surface area (Å²) in [5.41, 5.74) is 6.57. The van der Waals surface area contributed by atoms with Crippen LogP contribution in [0.25, 0.3) is 0 Å². The van der Waals surface area contributed by atoms with Gasteiger partial charge >= 0.3 is 5.97 Å². The summed E-state index contributed by atoms with van der Waals surface area (Å²) in [4.78, 5) is 10.7. The zero-order valence-corrected chi connectivity index (χ0v) is 22.8. The Kier molecular flexibility index (Phi) is 12.0. The van der Waals surface area contributed by atoms with Crippen LogP contribution in [0, 0.1) is 13.8 Å². The van der Waals surface area contributed by atoms with E-state index in [2.05, 4.69) is 32.1 Å². The molecule has 0 aromatic heterocycles. The normalized spacial score (nSPS) is 23.4. The van der Waals surface area contributed by atoms with E-state index in [1.54, 1.807) is 0 Å². The maximum atomic E-state index is 10.7. The van der Waals surface area contributed by atoms with E-state index in [1.165, 1.54) is 11.1 Å². The van der Waals surface area contributed by atoms with Gasteiger partial charge in [-0.2, -0.15) is 0 Å². The molecule has 7 nitrogen and oxygen atoms in total. The van der Waals surface area contributed by atoms with Crippen molar-refractivity contribution in [1.82, 2.24) is 0 Å². The number of hydrogen-bond donors (Lipinski definition) is 5. The van der Waals surface area contributed by atoms with Gasteiger partial charge < -0.3 is 30.3 Å². The first kappa shape index (κ1) is 30.8. The van der Waals surface area contributed by atoms with Gasteiger partial charge in [-0.25, -0.2) is 0 Å². The molecule has 1 aromatic rings. The second-order valence-electron chi connectivity index (χ2n) is 10.4. The molecule has 2 rings (SSSR count). The number of carboxylic acids is 1. The second kappa shape index (κ2) is 14.5. The zero-order chi connectivity index (χ0) is 27.7. The molecule has 5 N–H and O–H groups in total. The molecule has 0 aliphatic carbocycles. The molecule has 0 bridgehead atoms. The van der Waals surface area contributed by atoms with Gasteiger partial charge in [0.1, 0.15) is 30.2 Å². The molecule has 0 spiro atoms. The number of aliphatic carboxylic acids is 1. The average Bonchev–Trinajstić information content (AvgIpc) is 2.85. The average molecular weight is 517 g/mol. The Balaban J connectivity index is 1.97. The molecular weight excluding hydrogens is 472 g/mol. The highest BCUT2D eigenvalue weighted by Crippen LogP contribution is 2.37. The highest BCUT2D eigenvalue weighted by molar-refractivity contribution is 5.67. The Labute approximate surface area is 220 Å². The molecule has 1 aromatic carbocycles. The minimum Gasteiger partial charge on any atom is -0.507 e. The largest absolute Gasteiger partial charge is 0.507 e. The van der Waals surface area contributed by atoms with E-state index < -0.39 is 30.4 Å². The Hall–Kier alpha value is -2.45. The van der Waals surface area contributed by atoms with Gasteiger partial charge in [0.05, 0.1) is 6.61 Å². The van der Waals surface area contributed by atoms with Crippen molar-refractivity contribution in [2.75, 3.05) is 6.61 Å². The predicted molar refractivity (Wildman–Crippen MR) is 145 cm³/mol. The van der Waals surface area contributed by atoms with E-state index in [0.29, 0.717) is 24.0 Å². The minimum absolute atomic E-state index is 0.0653. The molecule has 1 fully saturated rings. The van der Waals surface area contributed by atoms with Crippen LogP contribution in [0.2, 0.25) is 0 Å². The van der Waals surface area contributed by atoms with Crippen LogP contribution in [-0.4, -0.2) is 56.4 Å². The van der Waals surface area contributed by atoms with Gasteiger partial charge in [-0.3, -0.25) is 4.79 Å². The van der Waals surface area contributed by atoms with Crippen molar-refractivity contribution in [3.63, 3.8) is 0 Å². The van der Waals surface area contributed by atoms with Crippen LogP contribution in [-0.2, 0) is 16.0 Å². The molecule has 1 heterocycles. The number of hydrogen-bond acceptors (Lipinski definition) is 6. The second-order valence-corrected chi connectivity index (χ2v) is 10.4. The van der Waals surface area contributed by atoms with Crippen molar-refractivity contribution >= 4 is 5.97 Å². The third-order valence-electron chi connectivity index (χ3n) is 7.26. The van der Waals surface area contributed by atoms with Gasteiger partial charge in [0.2, 0.25) is 0 Å². The molecular formula is C30H44O7. The number of aliphatic hydroxyl groups is 3. The lowest BCUT2D eigenvalue weighted by molar-refractivity contribution is -0.189. The lowest BCUT2D eigenvalue weighted by atomic mass is 9.88. The third-order valence-corrected chi connectivity index (χ3v) is 7.26. The predicted octanol–water partition coefficient (Wildman–Crippen LogP) is 4.97. The number of ether oxygens (including phenoxy) is 1. The van der Waals surface area contributed by atoms with Gasteiger partial charge in [-0.15, -0.1) is 0 Å². The molecule has 1 saturated heterocycles. The third kappa shape index (κ3) is 9.11.